The number of imidazole rings is 1. The van der Waals surface area contributed by atoms with E-state index in [-0.39, 0.29) is 43.3 Å². The van der Waals surface area contributed by atoms with Crippen molar-refractivity contribution in [2.45, 2.75) is 87.7 Å². The van der Waals surface area contributed by atoms with Gasteiger partial charge in [0.1, 0.15) is 23.7 Å². The average molecular weight is 668 g/mol. The number of aliphatic hydroxyl groups is 1. The first-order valence-corrected chi connectivity index (χ1v) is 15.9. The molecule has 1 spiro atoms. The maximum Gasteiger partial charge on any atom is 0.416 e. The maximum absolute atomic E-state index is 13.9. The summed E-state index contributed by atoms with van der Waals surface area (Å²) in [6.07, 6.45) is 2.23. The van der Waals surface area contributed by atoms with Crippen LogP contribution in [0.3, 0.4) is 0 Å². The fraction of sp³-hybridized carbons (Fsp3) is 0.545. The number of carbonyl (C=O) groups excluding carboxylic acids is 3. The highest BCUT2D eigenvalue weighted by molar-refractivity contribution is 5.85. The summed E-state index contributed by atoms with van der Waals surface area (Å²) < 4.78 is 24.3. The van der Waals surface area contributed by atoms with Gasteiger partial charge in [0.05, 0.1) is 23.8 Å². The van der Waals surface area contributed by atoms with Crippen molar-refractivity contribution in [2.75, 3.05) is 27.2 Å². The smallest absolute Gasteiger partial charge is 0.416 e. The molecule has 15 nitrogen and oxygen atoms in total. The zero-order valence-electron chi connectivity index (χ0n) is 27.6. The molecule has 1 aromatic heterocycles. The van der Waals surface area contributed by atoms with E-state index in [2.05, 4.69) is 20.5 Å². The van der Waals surface area contributed by atoms with Gasteiger partial charge in [-0.05, 0) is 64.9 Å². The molecule has 3 heterocycles. The number of hydrogen-bond acceptors (Lipinski definition) is 11. The molecule has 4 N–H and O–H groups in total. The molecule has 2 aliphatic carbocycles. The summed E-state index contributed by atoms with van der Waals surface area (Å²) in [6, 6.07) is 2.38. The van der Waals surface area contributed by atoms with Gasteiger partial charge < -0.3 is 44.7 Å². The summed E-state index contributed by atoms with van der Waals surface area (Å²) in [4.78, 5) is 56.6. The SMILES string of the molecule is COc1ccc2c3c1O[C@H]1C(OC(=O)[C@H](Cc4cn(C(=O)O)cn4)NC(=O)CCNC(=O)OC(C)(C)C)=CC[C@@]4(O)[C@@H](C2)N(C)CC[C@]314. The molecule has 48 heavy (non-hydrogen) atoms. The van der Waals surface area contributed by atoms with E-state index in [1.165, 1.54) is 6.20 Å². The number of methoxy groups -OCH3 is 1. The van der Waals surface area contributed by atoms with Crippen molar-refractivity contribution in [3.05, 3.63) is 53.3 Å². The van der Waals surface area contributed by atoms with Crippen molar-refractivity contribution in [1.29, 1.82) is 0 Å². The molecule has 0 radical (unpaired) electrons. The summed E-state index contributed by atoms with van der Waals surface area (Å²) in [5.74, 6) is -0.149. The molecule has 4 aliphatic rings. The van der Waals surface area contributed by atoms with E-state index >= 15 is 0 Å². The summed E-state index contributed by atoms with van der Waals surface area (Å²) in [5, 5.41) is 26.9. The predicted octanol–water partition coefficient (Wildman–Crippen LogP) is 1.88. The average Bonchev–Trinajstić information content (AvgIpc) is 3.62. The van der Waals surface area contributed by atoms with E-state index in [0.29, 0.717) is 30.9 Å². The van der Waals surface area contributed by atoms with Crippen LogP contribution < -0.4 is 20.1 Å². The zero-order valence-corrected chi connectivity index (χ0v) is 27.6. The van der Waals surface area contributed by atoms with Gasteiger partial charge in [0.25, 0.3) is 0 Å². The van der Waals surface area contributed by atoms with Crippen LogP contribution in [0.15, 0.2) is 36.5 Å². The molecular formula is C33H41N5O10. The number of nitrogens with one attached hydrogen (secondary N) is 2. The van der Waals surface area contributed by atoms with Crippen molar-refractivity contribution in [1.82, 2.24) is 25.1 Å². The predicted molar refractivity (Wildman–Crippen MR) is 168 cm³/mol. The molecule has 1 aromatic carbocycles. The molecule has 2 amide bonds. The minimum Gasteiger partial charge on any atom is -0.493 e. The van der Waals surface area contributed by atoms with Crippen LogP contribution in [-0.2, 0) is 37.3 Å². The number of esters is 1. The van der Waals surface area contributed by atoms with Crippen LogP contribution in [0.4, 0.5) is 9.59 Å². The Balaban J connectivity index is 1.25. The van der Waals surface area contributed by atoms with Gasteiger partial charge in [-0.25, -0.2) is 23.9 Å². The molecule has 1 fully saturated rings. The Morgan fingerprint density at radius 3 is 2.69 bits per heavy atom. The van der Waals surface area contributed by atoms with E-state index in [4.69, 9.17) is 18.9 Å². The third kappa shape index (κ3) is 5.64. The highest BCUT2D eigenvalue weighted by atomic mass is 16.6. The van der Waals surface area contributed by atoms with Crippen LogP contribution in [0, 0.1) is 0 Å². The largest absolute Gasteiger partial charge is 0.493 e. The Hall–Kier alpha value is -4.63. The quantitative estimate of drug-likeness (QED) is 0.285. The number of rotatable bonds is 9. The first-order chi connectivity index (χ1) is 22.7. The molecule has 5 atom stereocenters. The third-order valence-corrected chi connectivity index (χ3v) is 9.69. The first kappa shape index (κ1) is 33.3. The normalized spacial score (nSPS) is 25.9. The number of benzene rings is 1. The van der Waals surface area contributed by atoms with Gasteiger partial charge in [0.2, 0.25) is 5.91 Å². The standard InChI is InChI=1S/C33H41N5O10/c1-31(2,3)48-29(41)34-12-9-24(39)36-20(15-19-16-38(17-35-19)30(42)43)28(40)46-22-8-10-33(44)23-14-18-6-7-21(45-5)26-25(18)32(33,27(22)47-26)11-13-37(23)4/h6-8,16-17,20,23,27,44H,9-15H2,1-5H3,(H,34,41)(H,36,39)(H,42,43)/t20-,23+,27-,32-,33+/m0/s1. The molecule has 0 unspecified atom stereocenters. The first-order valence-electron chi connectivity index (χ1n) is 15.9. The van der Waals surface area contributed by atoms with Crippen LogP contribution in [0.5, 0.6) is 11.5 Å². The molecule has 1 saturated heterocycles. The molecule has 15 heteroatoms. The maximum atomic E-state index is 13.9. The van der Waals surface area contributed by atoms with Gasteiger partial charge in [-0.1, -0.05) is 6.07 Å². The molecular weight excluding hydrogens is 626 g/mol. The number of amides is 2. The van der Waals surface area contributed by atoms with E-state index in [0.717, 1.165) is 22.0 Å². The molecule has 6 rings (SSSR count). The van der Waals surface area contributed by atoms with Crippen LogP contribution in [-0.4, -0.2) is 105 Å². The van der Waals surface area contributed by atoms with Crippen LogP contribution in [0.1, 0.15) is 56.9 Å². The van der Waals surface area contributed by atoms with Gasteiger partial charge >= 0.3 is 18.2 Å². The van der Waals surface area contributed by atoms with Crippen LogP contribution >= 0.6 is 0 Å². The summed E-state index contributed by atoms with van der Waals surface area (Å²) >= 11 is 0. The summed E-state index contributed by atoms with van der Waals surface area (Å²) in [5.41, 5.74) is -0.681. The molecule has 258 valence electrons. The minimum absolute atomic E-state index is 0.0592. The Labute approximate surface area is 277 Å². The molecule has 2 aliphatic heterocycles. The van der Waals surface area contributed by atoms with Crippen LogP contribution in [0.25, 0.3) is 0 Å². The van der Waals surface area contributed by atoms with Gasteiger partial charge in [-0.2, -0.15) is 0 Å². The van der Waals surface area contributed by atoms with Gasteiger partial charge in [0, 0.05) is 43.6 Å². The van der Waals surface area contributed by atoms with Crippen molar-refractivity contribution in [2.24, 2.45) is 0 Å². The number of piperidine rings is 1. The number of carbonyl (C=O) groups is 4. The third-order valence-electron chi connectivity index (χ3n) is 9.69. The number of nitrogens with zero attached hydrogens (tertiary/aromatic N) is 3. The van der Waals surface area contributed by atoms with E-state index < -0.39 is 52.8 Å². The van der Waals surface area contributed by atoms with E-state index in [1.807, 2.05) is 19.2 Å². The lowest BCUT2D eigenvalue weighted by atomic mass is 9.50. The van der Waals surface area contributed by atoms with Crippen molar-refractivity contribution in [3.63, 3.8) is 0 Å². The lowest BCUT2D eigenvalue weighted by molar-refractivity contribution is -0.170. The van der Waals surface area contributed by atoms with Crippen LogP contribution in [0.2, 0.25) is 0 Å². The van der Waals surface area contributed by atoms with E-state index in [1.54, 1.807) is 34.0 Å². The highest BCUT2D eigenvalue weighted by Crippen LogP contribution is 2.65. The summed E-state index contributed by atoms with van der Waals surface area (Å²) in [7, 11) is 3.55. The number of alkyl carbamates (subject to hydrolysis) is 1. The Morgan fingerprint density at radius 2 is 2.00 bits per heavy atom. The second-order valence-corrected chi connectivity index (χ2v) is 13.8. The number of ether oxygens (including phenoxy) is 4. The lowest BCUT2D eigenvalue weighted by Gasteiger charge is -2.61. The number of carboxylic acid groups (broad SMARTS) is 1. The van der Waals surface area contributed by atoms with Gasteiger partial charge in [-0.15, -0.1) is 0 Å². The monoisotopic (exact) mass is 667 g/mol. The fourth-order valence-corrected chi connectivity index (χ4v) is 7.61. The van der Waals surface area contributed by atoms with Gasteiger partial charge in [0.15, 0.2) is 17.6 Å². The summed E-state index contributed by atoms with van der Waals surface area (Å²) in [6.45, 7) is 5.77. The zero-order chi connectivity index (χ0) is 34.6. The molecule has 0 saturated carbocycles. The second kappa shape index (κ2) is 12.1. The minimum atomic E-state index is -1.28. The lowest BCUT2D eigenvalue weighted by Crippen LogP contribution is -2.74. The van der Waals surface area contributed by atoms with Crippen molar-refractivity contribution >= 4 is 24.1 Å². The Bertz CT molecular complexity index is 1680. The second-order valence-electron chi connectivity index (χ2n) is 13.8. The van der Waals surface area contributed by atoms with Crippen molar-refractivity contribution in [3.8, 4) is 11.5 Å². The highest BCUT2D eigenvalue weighted by Gasteiger charge is 2.72. The Morgan fingerprint density at radius 1 is 1.23 bits per heavy atom. The molecule has 2 aromatic rings. The fourth-order valence-electron chi connectivity index (χ4n) is 7.61. The number of hydrogen-bond donors (Lipinski definition) is 4. The molecule has 2 bridgehead atoms. The van der Waals surface area contributed by atoms with Crippen molar-refractivity contribution < 1.29 is 48.3 Å². The topological polar surface area (TPSA) is 191 Å². The van der Waals surface area contributed by atoms with E-state index in [9.17, 15) is 29.4 Å². The number of likely N-dealkylation sites (tertiary alicyclic amines) is 1. The number of aromatic nitrogens is 2. The Kier molecular flexibility index (Phi) is 8.40. The number of likely N-dealkylation sites (N-methyl/N-ethyl adjacent to an activating group) is 1. The van der Waals surface area contributed by atoms with Gasteiger partial charge in [-0.3, -0.25) is 4.79 Å².